The number of thioether (sulfide) groups is 1. The molecule has 1 heterocycles. The van der Waals surface area contributed by atoms with Crippen molar-refractivity contribution < 1.29 is 9.53 Å². The molecule has 0 unspecified atom stereocenters. The number of rotatable bonds is 8. The zero-order chi connectivity index (χ0) is 18.4. The molecule has 2 aromatic carbocycles. The van der Waals surface area contributed by atoms with E-state index in [4.69, 9.17) is 4.74 Å². The maximum Gasteiger partial charge on any atom is 0.196 e. The lowest BCUT2D eigenvalue weighted by molar-refractivity contribution is -0.117. The first-order valence-electron chi connectivity index (χ1n) is 8.46. The Morgan fingerprint density at radius 1 is 1.08 bits per heavy atom. The molecule has 0 aliphatic heterocycles. The quantitative estimate of drug-likeness (QED) is 0.436. The highest BCUT2D eigenvalue weighted by molar-refractivity contribution is 7.99. The van der Waals surface area contributed by atoms with Crippen LogP contribution in [-0.2, 0) is 4.79 Å². The summed E-state index contributed by atoms with van der Waals surface area (Å²) in [5.74, 6) is 2.63. The van der Waals surface area contributed by atoms with Crippen LogP contribution in [0.3, 0.4) is 0 Å². The highest BCUT2D eigenvalue weighted by atomic mass is 32.2. The van der Waals surface area contributed by atoms with Gasteiger partial charge in [-0.3, -0.25) is 4.57 Å². The lowest BCUT2D eigenvalue weighted by Crippen LogP contribution is -2.00. The van der Waals surface area contributed by atoms with Gasteiger partial charge < -0.3 is 9.53 Å². The molecule has 3 rings (SSSR count). The van der Waals surface area contributed by atoms with E-state index in [9.17, 15) is 4.79 Å². The second kappa shape index (κ2) is 8.67. The maximum absolute atomic E-state index is 11.1. The lowest BCUT2D eigenvalue weighted by Gasteiger charge is -2.10. The van der Waals surface area contributed by atoms with Crippen LogP contribution < -0.4 is 4.74 Å². The zero-order valence-corrected chi connectivity index (χ0v) is 15.7. The molecule has 0 fully saturated rings. The third-order valence-corrected chi connectivity index (χ3v) is 4.92. The average Bonchev–Trinajstić information content (AvgIpc) is 3.09. The first-order chi connectivity index (χ1) is 12.7. The molecule has 26 heavy (non-hydrogen) atoms. The molecule has 0 saturated carbocycles. The standard InChI is InChI=1S/C20H21N3O2S/c1-15(24)7-6-14-26-20-22-21-19(16-10-12-18(25-2)13-11-16)23(20)17-8-4-3-5-9-17/h3-5,8-13H,6-7,14H2,1-2H3. The Kier molecular flexibility index (Phi) is 6.07. The van der Waals surface area contributed by atoms with Gasteiger partial charge in [-0.2, -0.15) is 0 Å². The molecule has 3 aromatic rings. The van der Waals surface area contributed by atoms with E-state index in [1.54, 1.807) is 25.8 Å². The SMILES string of the molecule is COc1ccc(-c2nnc(SCCCC(C)=O)n2-c2ccccc2)cc1. The number of Topliss-reactive ketones (excluding diaryl/α,β-unsaturated/α-hetero) is 1. The van der Waals surface area contributed by atoms with Crippen molar-refractivity contribution in [2.24, 2.45) is 0 Å². The minimum atomic E-state index is 0.217. The number of benzene rings is 2. The number of hydrogen-bond donors (Lipinski definition) is 0. The van der Waals surface area contributed by atoms with Crippen molar-refractivity contribution >= 4 is 17.5 Å². The molecule has 6 heteroatoms. The van der Waals surface area contributed by atoms with Gasteiger partial charge in [0.05, 0.1) is 7.11 Å². The zero-order valence-electron chi connectivity index (χ0n) is 14.9. The smallest absolute Gasteiger partial charge is 0.196 e. The van der Waals surface area contributed by atoms with E-state index in [0.29, 0.717) is 6.42 Å². The van der Waals surface area contributed by atoms with Crippen LogP contribution in [0, 0.1) is 0 Å². The van der Waals surface area contributed by atoms with Gasteiger partial charge in [-0.1, -0.05) is 30.0 Å². The van der Waals surface area contributed by atoms with E-state index >= 15 is 0 Å². The summed E-state index contributed by atoms with van der Waals surface area (Å²) in [6.07, 6.45) is 1.43. The van der Waals surface area contributed by atoms with E-state index in [2.05, 4.69) is 14.8 Å². The van der Waals surface area contributed by atoms with E-state index < -0.39 is 0 Å². The van der Waals surface area contributed by atoms with Crippen LogP contribution in [0.15, 0.2) is 59.8 Å². The number of carbonyl (C=O) groups excluding carboxylic acids is 1. The Hall–Kier alpha value is -2.60. The van der Waals surface area contributed by atoms with Crippen LogP contribution in [0.25, 0.3) is 17.1 Å². The maximum atomic E-state index is 11.1. The van der Waals surface area contributed by atoms with Crippen molar-refractivity contribution in [3.05, 3.63) is 54.6 Å². The van der Waals surface area contributed by atoms with E-state index in [1.807, 2.05) is 54.6 Å². The van der Waals surface area contributed by atoms with Gasteiger partial charge in [-0.05, 0) is 49.7 Å². The number of para-hydroxylation sites is 1. The highest BCUT2D eigenvalue weighted by Crippen LogP contribution is 2.29. The number of aromatic nitrogens is 3. The molecule has 0 saturated heterocycles. The summed E-state index contributed by atoms with van der Waals surface area (Å²) in [4.78, 5) is 11.1. The van der Waals surface area contributed by atoms with Gasteiger partial charge in [-0.15, -0.1) is 10.2 Å². The molecule has 0 N–H and O–H groups in total. The topological polar surface area (TPSA) is 57.0 Å². The molecule has 0 spiro atoms. The normalized spacial score (nSPS) is 10.7. The van der Waals surface area contributed by atoms with Crippen LogP contribution in [0.2, 0.25) is 0 Å². The van der Waals surface area contributed by atoms with Crippen molar-refractivity contribution in [2.45, 2.75) is 24.9 Å². The molecule has 0 amide bonds. The number of hydrogen-bond acceptors (Lipinski definition) is 5. The summed E-state index contributed by atoms with van der Waals surface area (Å²) in [6.45, 7) is 1.62. The highest BCUT2D eigenvalue weighted by Gasteiger charge is 2.16. The molecule has 1 aromatic heterocycles. The number of nitrogens with zero attached hydrogens (tertiary/aromatic N) is 3. The number of ketones is 1. The van der Waals surface area contributed by atoms with Gasteiger partial charge in [-0.25, -0.2) is 0 Å². The van der Waals surface area contributed by atoms with Gasteiger partial charge in [0.2, 0.25) is 0 Å². The first-order valence-corrected chi connectivity index (χ1v) is 9.45. The molecule has 0 aliphatic carbocycles. The molecule has 0 atom stereocenters. The fraction of sp³-hybridized carbons (Fsp3) is 0.250. The molecule has 5 nitrogen and oxygen atoms in total. The van der Waals surface area contributed by atoms with Crippen LogP contribution in [0.1, 0.15) is 19.8 Å². The molecular weight excluding hydrogens is 346 g/mol. The summed E-state index contributed by atoms with van der Waals surface area (Å²) in [6, 6.07) is 17.8. The van der Waals surface area contributed by atoms with Crippen molar-refractivity contribution in [1.82, 2.24) is 14.8 Å². The van der Waals surface area contributed by atoms with Crippen LogP contribution in [0.5, 0.6) is 5.75 Å². The predicted molar refractivity (Wildman–Crippen MR) is 104 cm³/mol. The van der Waals surface area contributed by atoms with Gasteiger partial charge in [0.15, 0.2) is 11.0 Å². The van der Waals surface area contributed by atoms with Gasteiger partial charge in [0, 0.05) is 23.4 Å². The van der Waals surface area contributed by atoms with Crippen molar-refractivity contribution in [2.75, 3.05) is 12.9 Å². The third kappa shape index (κ3) is 4.32. The largest absolute Gasteiger partial charge is 0.497 e. The van der Waals surface area contributed by atoms with Crippen molar-refractivity contribution in [3.63, 3.8) is 0 Å². The van der Waals surface area contributed by atoms with Crippen LogP contribution in [-0.4, -0.2) is 33.4 Å². The second-order valence-corrected chi connectivity index (χ2v) is 6.92. The summed E-state index contributed by atoms with van der Waals surface area (Å²) in [5.41, 5.74) is 1.98. The van der Waals surface area contributed by atoms with E-state index in [-0.39, 0.29) is 5.78 Å². The monoisotopic (exact) mass is 367 g/mol. The minimum Gasteiger partial charge on any atom is -0.497 e. The third-order valence-electron chi connectivity index (χ3n) is 3.90. The van der Waals surface area contributed by atoms with Gasteiger partial charge >= 0.3 is 0 Å². The fourth-order valence-corrected chi connectivity index (χ4v) is 3.48. The summed E-state index contributed by atoms with van der Waals surface area (Å²) < 4.78 is 7.29. The minimum absolute atomic E-state index is 0.217. The molecule has 0 aliphatic rings. The average molecular weight is 367 g/mol. The molecule has 0 radical (unpaired) electrons. The van der Waals surface area contributed by atoms with Crippen molar-refractivity contribution in [1.29, 1.82) is 0 Å². The van der Waals surface area contributed by atoms with E-state index in [0.717, 1.165) is 40.2 Å². The number of carbonyl (C=O) groups is 1. The summed E-state index contributed by atoms with van der Waals surface area (Å²) >= 11 is 1.62. The van der Waals surface area contributed by atoms with Crippen molar-refractivity contribution in [3.8, 4) is 22.8 Å². The Labute approximate surface area is 157 Å². The molecule has 134 valence electrons. The Morgan fingerprint density at radius 2 is 1.81 bits per heavy atom. The van der Waals surface area contributed by atoms with E-state index in [1.165, 1.54) is 0 Å². The first kappa shape index (κ1) is 18.2. The molecular formula is C20H21N3O2S. The molecule has 0 bridgehead atoms. The van der Waals surface area contributed by atoms with Gasteiger partial charge in [0.25, 0.3) is 0 Å². The van der Waals surface area contributed by atoms with Gasteiger partial charge in [0.1, 0.15) is 11.5 Å². The Morgan fingerprint density at radius 3 is 2.46 bits per heavy atom. The predicted octanol–water partition coefficient (Wildman–Crippen LogP) is 4.40. The Balaban J connectivity index is 1.92. The lowest BCUT2D eigenvalue weighted by atomic mass is 10.2. The number of ether oxygens (including phenoxy) is 1. The van der Waals surface area contributed by atoms with Crippen LogP contribution in [0.4, 0.5) is 0 Å². The number of methoxy groups -OCH3 is 1. The summed E-state index contributed by atoms with van der Waals surface area (Å²) in [5, 5.41) is 9.63. The van der Waals surface area contributed by atoms with Crippen LogP contribution >= 0.6 is 11.8 Å². The Bertz CT molecular complexity index is 861. The second-order valence-electron chi connectivity index (χ2n) is 5.86. The fourth-order valence-electron chi connectivity index (χ4n) is 2.58. The summed E-state index contributed by atoms with van der Waals surface area (Å²) in [7, 11) is 1.65.